The number of pyridine rings is 1. The van der Waals surface area contributed by atoms with Crippen LogP contribution in [0.4, 0.5) is 11.4 Å². The van der Waals surface area contributed by atoms with Crippen molar-refractivity contribution < 1.29 is 0 Å². The van der Waals surface area contributed by atoms with Gasteiger partial charge in [-0.3, -0.25) is 4.98 Å². The molecule has 0 spiro atoms. The number of hydrogen-bond donors (Lipinski definition) is 1. The first-order valence-corrected chi connectivity index (χ1v) is 6.05. The van der Waals surface area contributed by atoms with Gasteiger partial charge in [0, 0.05) is 18.9 Å². The van der Waals surface area contributed by atoms with Crippen LogP contribution in [0.15, 0.2) is 42.6 Å². The van der Waals surface area contributed by atoms with Crippen molar-refractivity contribution in [2.75, 3.05) is 11.9 Å². The molecule has 3 nitrogen and oxygen atoms in total. The fourth-order valence-electron chi connectivity index (χ4n) is 1.83. The van der Waals surface area contributed by atoms with E-state index in [1.807, 2.05) is 36.2 Å². The number of hydrogen-bond acceptors (Lipinski definition) is 3. The maximum atomic E-state index is 5.70. The fraction of sp³-hybridized carbons (Fsp3) is 0.143. The molecular weight excluding hydrogens is 242 g/mol. The van der Waals surface area contributed by atoms with Crippen molar-refractivity contribution in [2.45, 2.75) is 6.92 Å². The summed E-state index contributed by atoms with van der Waals surface area (Å²) in [6.45, 7) is 2.06. The molecule has 0 saturated heterocycles. The zero-order valence-electron chi connectivity index (χ0n) is 10.4. The second-order valence-electron chi connectivity index (χ2n) is 4.13. The van der Waals surface area contributed by atoms with Crippen LogP contribution in [0.1, 0.15) is 11.3 Å². The number of thiocarbonyl (C=S) groups is 1. The Labute approximate surface area is 112 Å². The van der Waals surface area contributed by atoms with Gasteiger partial charge in [-0.1, -0.05) is 24.4 Å². The summed E-state index contributed by atoms with van der Waals surface area (Å²) in [7, 11) is 1.98. The lowest BCUT2D eigenvalue weighted by Gasteiger charge is -2.21. The molecule has 1 aromatic carbocycles. The van der Waals surface area contributed by atoms with E-state index in [9.17, 15) is 0 Å². The Morgan fingerprint density at radius 3 is 2.72 bits per heavy atom. The van der Waals surface area contributed by atoms with E-state index >= 15 is 0 Å². The number of aryl methyl sites for hydroxylation is 1. The van der Waals surface area contributed by atoms with Crippen molar-refractivity contribution in [2.24, 2.45) is 5.73 Å². The lowest BCUT2D eigenvalue weighted by atomic mass is 10.2. The molecule has 0 aliphatic carbocycles. The molecule has 0 amide bonds. The molecule has 18 heavy (non-hydrogen) atoms. The average Bonchev–Trinajstić information content (AvgIpc) is 2.38. The summed E-state index contributed by atoms with van der Waals surface area (Å²) in [4.78, 5) is 6.59. The molecule has 4 heteroatoms. The second kappa shape index (κ2) is 5.14. The highest BCUT2D eigenvalue weighted by Crippen LogP contribution is 2.26. The van der Waals surface area contributed by atoms with Crippen LogP contribution in [0.2, 0.25) is 0 Å². The minimum absolute atomic E-state index is 0.310. The van der Waals surface area contributed by atoms with Crippen molar-refractivity contribution in [3.05, 3.63) is 53.9 Å². The zero-order valence-corrected chi connectivity index (χ0v) is 11.2. The molecule has 2 rings (SSSR count). The Hall–Kier alpha value is -1.94. The third kappa shape index (κ3) is 2.49. The number of benzene rings is 1. The number of nitrogens with zero attached hydrogens (tertiary/aromatic N) is 2. The lowest BCUT2D eigenvalue weighted by molar-refractivity contribution is 1.16. The third-order valence-electron chi connectivity index (χ3n) is 2.77. The SMILES string of the molecule is Cc1cccc(N(C)c2cccnc2C(N)=S)c1. The van der Waals surface area contributed by atoms with Gasteiger partial charge in [0.1, 0.15) is 10.7 Å². The molecule has 0 aliphatic heterocycles. The van der Waals surface area contributed by atoms with Crippen molar-refractivity contribution in [3.8, 4) is 0 Å². The Morgan fingerprint density at radius 2 is 2.06 bits per heavy atom. The van der Waals surface area contributed by atoms with E-state index in [1.54, 1.807) is 6.20 Å². The first-order valence-electron chi connectivity index (χ1n) is 5.65. The first kappa shape index (κ1) is 12.5. The minimum Gasteiger partial charge on any atom is -0.388 e. The standard InChI is InChI=1S/C14H15N3S/c1-10-5-3-6-11(9-10)17(2)12-7-4-8-16-13(12)14(15)18/h3-9H,1-2H3,(H2,15,18). The molecule has 0 radical (unpaired) electrons. The summed E-state index contributed by atoms with van der Waals surface area (Å²) in [5.74, 6) is 0. The molecule has 2 aromatic rings. The lowest BCUT2D eigenvalue weighted by Crippen LogP contribution is -2.19. The molecule has 0 unspecified atom stereocenters. The predicted octanol–water partition coefficient (Wildman–Crippen LogP) is 2.79. The van der Waals surface area contributed by atoms with E-state index in [0.717, 1.165) is 11.4 Å². The summed E-state index contributed by atoms with van der Waals surface area (Å²) < 4.78 is 0. The number of rotatable bonds is 3. The highest BCUT2D eigenvalue weighted by molar-refractivity contribution is 7.80. The van der Waals surface area contributed by atoms with Crippen molar-refractivity contribution in [1.82, 2.24) is 4.98 Å². The van der Waals surface area contributed by atoms with Gasteiger partial charge in [-0.25, -0.2) is 0 Å². The summed E-state index contributed by atoms with van der Waals surface area (Å²) >= 11 is 5.03. The van der Waals surface area contributed by atoms with Crippen LogP contribution in [0.25, 0.3) is 0 Å². The van der Waals surface area contributed by atoms with Gasteiger partial charge in [-0.2, -0.15) is 0 Å². The van der Waals surface area contributed by atoms with Crippen LogP contribution in [0.3, 0.4) is 0 Å². The highest BCUT2D eigenvalue weighted by atomic mass is 32.1. The van der Waals surface area contributed by atoms with Crippen molar-refractivity contribution in [3.63, 3.8) is 0 Å². The molecule has 1 heterocycles. The molecule has 0 bridgehead atoms. The van der Waals surface area contributed by atoms with Gasteiger partial charge >= 0.3 is 0 Å². The largest absolute Gasteiger partial charge is 0.388 e. The fourth-order valence-corrected chi connectivity index (χ4v) is 1.99. The van der Waals surface area contributed by atoms with Gasteiger partial charge < -0.3 is 10.6 Å². The monoisotopic (exact) mass is 257 g/mol. The quantitative estimate of drug-likeness (QED) is 0.859. The van der Waals surface area contributed by atoms with E-state index in [4.69, 9.17) is 18.0 Å². The number of nitrogens with two attached hydrogens (primary N) is 1. The Bertz CT molecular complexity index is 581. The normalized spacial score (nSPS) is 10.1. The topological polar surface area (TPSA) is 42.2 Å². The molecule has 1 aromatic heterocycles. The van der Waals surface area contributed by atoms with Crippen LogP contribution in [0, 0.1) is 6.92 Å². The van der Waals surface area contributed by atoms with Gasteiger partial charge in [0.25, 0.3) is 0 Å². The van der Waals surface area contributed by atoms with E-state index in [0.29, 0.717) is 10.7 Å². The van der Waals surface area contributed by atoms with Gasteiger partial charge in [0.2, 0.25) is 0 Å². The smallest absolute Gasteiger partial charge is 0.124 e. The van der Waals surface area contributed by atoms with Crippen LogP contribution in [-0.2, 0) is 0 Å². The second-order valence-corrected chi connectivity index (χ2v) is 4.57. The maximum absolute atomic E-state index is 5.70. The van der Waals surface area contributed by atoms with E-state index in [2.05, 4.69) is 24.0 Å². The van der Waals surface area contributed by atoms with Crippen LogP contribution in [0.5, 0.6) is 0 Å². The predicted molar refractivity (Wildman–Crippen MR) is 79.4 cm³/mol. The minimum atomic E-state index is 0.310. The summed E-state index contributed by atoms with van der Waals surface area (Å²) in [5.41, 5.74) is 9.56. The van der Waals surface area contributed by atoms with Crippen molar-refractivity contribution >= 4 is 28.6 Å². The third-order valence-corrected chi connectivity index (χ3v) is 2.96. The molecule has 2 N–H and O–H groups in total. The van der Waals surface area contributed by atoms with E-state index in [1.165, 1.54) is 5.56 Å². The zero-order chi connectivity index (χ0) is 13.1. The molecule has 92 valence electrons. The van der Waals surface area contributed by atoms with Gasteiger partial charge in [-0.05, 0) is 36.8 Å². The summed E-state index contributed by atoms with van der Waals surface area (Å²) in [6, 6.07) is 12.1. The van der Waals surface area contributed by atoms with Crippen LogP contribution in [-0.4, -0.2) is 17.0 Å². The summed E-state index contributed by atoms with van der Waals surface area (Å²) in [6.07, 6.45) is 1.70. The molecular formula is C14H15N3S. The Morgan fingerprint density at radius 1 is 1.28 bits per heavy atom. The molecule has 0 aliphatic rings. The van der Waals surface area contributed by atoms with Gasteiger partial charge in [0.05, 0.1) is 5.69 Å². The van der Waals surface area contributed by atoms with Gasteiger partial charge in [-0.15, -0.1) is 0 Å². The van der Waals surface area contributed by atoms with Crippen molar-refractivity contribution in [1.29, 1.82) is 0 Å². The first-order chi connectivity index (χ1) is 8.59. The Balaban J connectivity index is 2.46. The van der Waals surface area contributed by atoms with E-state index in [-0.39, 0.29) is 0 Å². The average molecular weight is 257 g/mol. The maximum Gasteiger partial charge on any atom is 0.124 e. The number of aromatic nitrogens is 1. The Kier molecular flexibility index (Phi) is 3.58. The molecule has 0 fully saturated rings. The van der Waals surface area contributed by atoms with Crippen LogP contribution >= 0.6 is 12.2 Å². The van der Waals surface area contributed by atoms with Crippen LogP contribution < -0.4 is 10.6 Å². The molecule has 0 atom stereocenters. The number of anilines is 2. The molecule has 0 saturated carbocycles. The van der Waals surface area contributed by atoms with E-state index < -0.39 is 0 Å². The van der Waals surface area contributed by atoms with Gasteiger partial charge in [0.15, 0.2) is 0 Å². The highest BCUT2D eigenvalue weighted by Gasteiger charge is 2.11. The summed E-state index contributed by atoms with van der Waals surface area (Å²) in [5, 5.41) is 0.